The van der Waals surface area contributed by atoms with Crippen LogP contribution < -0.4 is 10.2 Å². The van der Waals surface area contributed by atoms with E-state index in [1.807, 2.05) is 31.1 Å². The third-order valence-corrected chi connectivity index (χ3v) is 5.24. The van der Waals surface area contributed by atoms with Gasteiger partial charge >= 0.3 is 0 Å². The Morgan fingerprint density at radius 3 is 2.93 bits per heavy atom. The highest BCUT2D eigenvalue weighted by Gasteiger charge is 2.26. The summed E-state index contributed by atoms with van der Waals surface area (Å²) >= 11 is 5.99. The molecule has 1 aromatic heterocycles. The maximum Gasteiger partial charge on any atom is 0.248 e. The predicted octanol–water partition coefficient (Wildman–Crippen LogP) is 4.17. The lowest BCUT2D eigenvalue weighted by Gasteiger charge is -2.31. The first kappa shape index (κ1) is 20.3. The van der Waals surface area contributed by atoms with Crippen LogP contribution in [0.2, 0.25) is 5.02 Å². The summed E-state index contributed by atoms with van der Waals surface area (Å²) in [5.74, 6) is -0.0827. The average Bonchev–Trinajstić information content (AvgIpc) is 2.72. The van der Waals surface area contributed by atoms with Crippen LogP contribution in [0.5, 0.6) is 0 Å². The molecule has 1 N–H and O–H groups in total. The van der Waals surface area contributed by atoms with Gasteiger partial charge in [-0.15, -0.1) is 0 Å². The molecule has 3 aromatic rings. The second-order valence-electron chi connectivity index (χ2n) is 7.31. The molecule has 0 bridgehead atoms. The van der Waals surface area contributed by atoms with E-state index in [9.17, 15) is 9.18 Å². The smallest absolute Gasteiger partial charge is 0.248 e. The molecule has 2 aromatic carbocycles. The molecule has 8 heteroatoms. The lowest BCUT2D eigenvalue weighted by atomic mass is 9.98. The van der Waals surface area contributed by atoms with Crippen LogP contribution in [-0.4, -0.2) is 48.0 Å². The fourth-order valence-corrected chi connectivity index (χ4v) is 3.76. The number of benzene rings is 2. The highest BCUT2D eigenvalue weighted by atomic mass is 35.5. The normalized spacial score (nSPS) is 13.4. The van der Waals surface area contributed by atoms with Gasteiger partial charge in [-0.2, -0.15) is 0 Å². The van der Waals surface area contributed by atoms with Crippen molar-refractivity contribution in [3.05, 3.63) is 65.2 Å². The second kappa shape index (κ2) is 8.38. The van der Waals surface area contributed by atoms with Crippen molar-refractivity contribution in [2.75, 3.05) is 37.4 Å². The number of aromatic nitrogens is 2. The van der Waals surface area contributed by atoms with Gasteiger partial charge in [0.2, 0.25) is 5.91 Å². The van der Waals surface area contributed by atoms with Crippen LogP contribution >= 0.6 is 11.6 Å². The first-order valence-corrected chi connectivity index (χ1v) is 9.94. The number of likely N-dealkylation sites (N-methyl/N-ethyl adjacent to an activating group) is 1. The van der Waals surface area contributed by atoms with Crippen LogP contribution in [0.1, 0.15) is 5.56 Å². The zero-order valence-corrected chi connectivity index (χ0v) is 17.4. The van der Waals surface area contributed by atoms with E-state index in [1.165, 1.54) is 18.5 Å². The summed E-state index contributed by atoms with van der Waals surface area (Å²) in [6.07, 6.45) is 5.39. The number of amides is 1. The number of carbonyl (C=O) groups is 1. The molecule has 0 saturated heterocycles. The highest BCUT2D eigenvalue weighted by molar-refractivity contribution is 6.31. The van der Waals surface area contributed by atoms with E-state index in [0.717, 1.165) is 16.5 Å². The molecule has 0 aliphatic carbocycles. The average molecular weight is 426 g/mol. The number of anilines is 3. The SMILES string of the molecule is CN(C)C/C=C/C(=O)Nc1ccc2ncnc3c2c1CCN3c1cccc(Cl)c1F. The van der Waals surface area contributed by atoms with Crippen LogP contribution in [0.15, 0.2) is 48.8 Å². The lowest BCUT2D eigenvalue weighted by molar-refractivity contribution is -0.111. The Morgan fingerprint density at radius 1 is 1.30 bits per heavy atom. The fourth-order valence-electron chi connectivity index (χ4n) is 3.59. The molecule has 1 amide bonds. The molecule has 0 saturated carbocycles. The summed E-state index contributed by atoms with van der Waals surface area (Å²) in [6.45, 7) is 1.18. The monoisotopic (exact) mass is 425 g/mol. The highest BCUT2D eigenvalue weighted by Crippen LogP contribution is 2.40. The van der Waals surface area contributed by atoms with Crippen LogP contribution in [0, 0.1) is 5.82 Å². The topological polar surface area (TPSA) is 61.4 Å². The number of hydrogen-bond acceptors (Lipinski definition) is 5. The van der Waals surface area contributed by atoms with E-state index in [0.29, 0.717) is 36.7 Å². The zero-order chi connectivity index (χ0) is 21.3. The van der Waals surface area contributed by atoms with Gasteiger partial charge in [-0.05, 0) is 50.3 Å². The maximum absolute atomic E-state index is 14.7. The quantitative estimate of drug-likeness (QED) is 0.621. The van der Waals surface area contributed by atoms with E-state index < -0.39 is 5.82 Å². The van der Waals surface area contributed by atoms with Gasteiger partial charge in [0.1, 0.15) is 12.1 Å². The Labute approximate surface area is 179 Å². The van der Waals surface area contributed by atoms with Gasteiger partial charge in [-0.3, -0.25) is 4.79 Å². The molecule has 0 fully saturated rings. The van der Waals surface area contributed by atoms with Crippen molar-refractivity contribution in [1.82, 2.24) is 14.9 Å². The molecule has 4 rings (SSSR count). The number of rotatable bonds is 5. The summed E-state index contributed by atoms with van der Waals surface area (Å²) in [4.78, 5) is 24.9. The lowest BCUT2D eigenvalue weighted by Crippen LogP contribution is -2.27. The summed E-state index contributed by atoms with van der Waals surface area (Å²) in [7, 11) is 3.87. The standard InChI is InChI=1S/C22H21ClFN5O/c1-28(2)11-4-7-19(30)27-16-8-9-17-20-14(16)10-12-29(22(20)26-13-25-17)18-6-3-5-15(23)21(18)24/h3-9,13H,10-12H2,1-2H3,(H,27,30)/b7-4+. The van der Waals surface area contributed by atoms with Gasteiger partial charge < -0.3 is 15.1 Å². The van der Waals surface area contributed by atoms with E-state index in [1.54, 1.807) is 23.1 Å². The molecular formula is C22H21ClFN5O. The van der Waals surface area contributed by atoms with Crippen molar-refractivity contribution >= 4 is 45.6 Å². The Kier molecular flexibility index (Phi) is 5.65. The molecule has 2 heterocycles. The first-order chi connectivity index (χ1) is 14.5. The molecule has 1 aliphatic heterocycles. The van der Waals surface area contributed by atoms with Gasteiger partial charge in [-0.25, -0.2) is 14.4 Å². The summed E-state index contributed by atoms with van der Waals surface area (Å²) in [6, 6.07) is 8.60. The molecule has 0 radical (unpaired) electrons. The Hall–Kier alpha value is -3.03. The molecule has 30 heavy (non-hydrogen) atoms. The van der Waals surface area contributed by atoms with Crippen LogP contribution in [0.3, 0.4) is 0 Å². The van der Waals surface area contributed by atoms with Crippen LogP contribution in [-0.2, 0) is 11.2 Å². The van der Waals surface area contributed by atoms with Crippen molar-refractivity contribution in [2.45, 2.75) is 6.42 Å². The Morgan fingerprint density at radius 2 is 2.13 bits per heavy atom. The van der Waals surface area contributed by atoms with Gasteiger partial charge in [0.25, 0.3) is 0 Å². The number of halogens is 2. The van der Waals surface area contributed by atoms with Crippen molar-refractivity contribution in [1.29, 1.82) is 0 Å². The molecular weight excluding hydrogens is 405 g/mol. The minimum Gasteiger partial charge on any atom is -0.323 e. The summed E-state index contributed by atoms with van der Waals surface area (Å²) in [5.41, 5.74) is 2.76. The number of nitrogens with one attached hydrogen (secondary N) is 1. The Bertz CT molecular complexity index is 1150. The van der Waals surface area contributed by atoms with E-state index in [2.05, 4.69) is 15.3 Å². The fraction of sp³-hybridized carbons (Fsp3) is 0.227. The van der Waals surface area contributed by atoms with Crippen molar-refractivity contribution in [2.24, 2.45) is 0 Å². The van der Waals surface area contributed by atoms with Crippen molar-refractivity contribution in [3.8, 4) is 0 Å². The van der Waals surface area contributed by atoms with Crippen LogP contribution in [0.25, 0.3) is 10.9 Å². The molecule has 6 nitrogen and oxygen atoms in total. The number of hydrogen-bond donors (Lipinski definition) is 1. The van der Waals surface area contributed by atoms with Gasteiger partial charge in [0.05, 0.1) is 16.2 Å². The minimum atomic E-state index is -0.482. The van der Waals surface area contributed by atoms with E-state index in [4.69, 9.17) is 11.6 Å². The third kappa shape index (κ3) is 3.86. The third-order valence-electron chi connectivity index (χ3n) is 4.95. The van der Waals surface area contributed by atoms with E-state index in [-0.39, 0.29) is 10.9 Å². The van der Waals surface area contributed by atoms with Gasteiger partial charge in [0.15, 0.2) is 5.82 Å². The zero-order valence-electron chi connectivity index (χ0n) is 16.7. The summed E-state index contributed by atoms with van der Waals surface area (Å²) < 4.78 is 14.7. The molecule has 0 atom stereocenters. The first-order valence-electron chi connectivity index (χ1n) is 9.56. The summed E-state index contributed by atoms with van der Waals surface area (Å²) in [5, 5.41) is 3.82. The minimum absolute atomic E-state index is 0.0640. The largest absolute Gasteiger partial charge is 0.323 e. The molecule has 0 spiro atoms. The van der Waals surface area contributed by atoms with Crippen molar-refractivity contribution < 1.29 is 9.18 Å². The second-order valence-corrected chi connectivity index (χ2v) is 7.72. The van der Waals surface area contributed by atoms with E-state index >= 15 is 0 Å². The Balaban J connectivity index is 1.74. The molecule has 1 aliphatic rings. The number of nitrogens with zero attached hydrogens (tertiary/aromatic N) is 4. The van der Waals surface area contributed by atoms with Gasteiger partial charge in [0, 0.05) is 30.2 Å². The maximum atomic E-state index is 14.7. The molecule has 0 unspecified atom stereocenters. The molecule has 154 valence electrons. The van der Waals surface area contributed by atoms with Crippen molar-refractivity contribution in [3.63, 3.8) is 0 Å². The predicted molar refractivity (Wildman–Crippen MR) is 118 cm³/mol. The van der Waals surface area contributed by atoms with Crippen LogP contribution in [0.4, 0.5) is 21.6 Å². The number of carbonyl (C=O) groups excluding carboxylic acids is 1. The van der Waals surface area contributed by atoms with Gasteiger partial charge in [-0.1, -0.05) is 23.7 Å².